The SMILES string of the molecule is NCCC[C@H]1[C@H]2CC[C@@H](C2)[C@H]1CN. The average molecular weight is 182 g/mol. The van der Waals surface area contributed by atoms with E-state index in [1.807, 2.05) is 0 Å². The molecule has 0 spiro atoms. The summed E-state index contributed by atoms with van der Waals surface area (Å²) < 4.78 is 0. The first-order valence-corrected chi connectivity index (χ1v) is 5.77. The van der Waals surface area contributed by atoms with Gasteiger partial charge < -0.3 is 11.5 Å². The lowest BCUT2D eigenvalue weighted by Gasteiger charge is -2.30. The molecular formula is C11H22N2. The van der Waals surface area contributed by atoms with Crippen LogP contribution in [0, 0.1) is 23.7 Å². The molecule has 2 bridgehead atoms. The van der Waals surface area contributed by atoms with Gasteiger partial charge in [0.1, 0.15) is 0 Å². The summed E-state index contributed by atoms with van der Waals surface area (Å²) in [7, 11) is 0. The fourth-order valence-corrected chi connectivity index (χ4v) is 3.70. The monoisotopic (exact) mass is 182 g/mol. The normalized spacial score (nSPS) is 42.9. The van der Waals surface area contributed by atoms with E-state index < -0.39 is 0 Å². The van der Waals surface area contributed by atoms with Crippen LogP contribution in [0.1, 0.15) is 32.1 Å². The standard InChI is InChI=1S/C11H22N2/c12-5-1-2-10-8-3-4-9(6-8)11(10)7-13/h8-11H,1-7,12-13H2/t8-,9-,10-,11+/m0/s1. The van der Waals surface area contributed by atoms with Crippen LogP contribution in [0.3, 0.4) is 0 Å². The minimum Gasteiger partial charge on any atom is -0.330 e. The van der Waals surface area contributed by atoms with E-state index in [0.29, 0.717) is 0 Å². The molecule has 76 valence electrons. The zero-order valence-corrected chi connectivity index (χ0v) is 8.41. The summed E-state index contributed by atoms with van der Waals surface area (Å²) in [6.07, 6.45) is 6.92. The van der Waals surface area contributed by atoms with Gasteiger partial charge in [-0.05, 0) is 68.9 Å². The maximum atomic E-state index is 5.85. The summed E-state index contributed by atoms with van der Waals surface area (Å²) in [6.45, 7) is 1.77. The summed E-state index contributed by atoms with van der Waals surface area (Å²) >= 11 is 0. The lowest BCUT2D eigenvalue weighted by Crippen LogP contribution is -2.29. The number of hydrogen-bond acceptors (Lipinski definition) is 2. The van der Waals surface area contributed by atoms with Gasteiger partial charge in [0, 0.05) is 0 Å². The topological polar surface area (TPSA) is 52.0 Å². The Labute approximate surface area is 81.1 Å². The molecule has 0 radical (unpaired) electrons. The minimum atomic E-state index is 0.838. The minimum absolute atomic E-state index is 0.838. The third-order valence-electron chi connectivity index (χ3n) is 4.29. The van der Waals surface area contributed by atoms with E-state index in [2.05, 4.69) is 0 Å². The molecule has 13 heavy (non-hydrogen) atoms. The molecule has 0 unspecified atom stereocenters. The summed E-state index contributed by atoms with van der Waals surface area (Å²) in [6, 6.07) is 0. The second-order valence-corrected chi connectivity index (χ2v) is 4.83. The highest BCUT2D eigenvalue weighted by atomic mass is 14.6. The molecule has 0 aromatic carbocycles. The zero-order chi connectivity index (χ0) is 9.26. The van der Waals surface area contributed by atoms with Crippen molar-refractivity contribution in [1.82, 2.24) is 0 Å². The first kappa shape index (κ1) is 9.47. The average Bonchev–Trinajstić information content (AvgIpc) is 2.73. The molecule has 2 nitrogen and oxygen atoms in total. The quantitative estimate of drug-likeness (QED) is 0.689. The molecule has 2 fully saturated rings. The van der Waals surface area contributed by atoms with Crippen molar-refractivity contribution >= 4 is 0 Å². The van der Waals surface area contributed by atoms with Crippen LogP contribution >= 0.6 is 0 Å². The summed E-state index contributed by atoms with van der Waals surface area (Å²) in [5.74, 6) is 3.74. The van der Waals surface area contributed by atoms with E-state index in [1.165, 1.54) is 32.1 Å². The zero-order valence-electron chi connectivity index (χ0n) is 8.41. The van der Waals surface area contributed by atoms with Crippen LogP contribution in [0.2, 0.25) is 0 Å². The molecule has 0 amide bonds. The highest BCUT2D eigenvalue weighted by Gasteiger charge is 2.45. The van der Waals surface area contributed by atoms with E-state index in [0.717, 1.165) is 36.8 Å². The van der Waals surface area contributed by atoms with Crippen molar-refractivity contribution in [3.05, 3.63) is 0 Å². The predicted octanol–water partition coefficient (Wildman–Crippen LogP) is 1.35. The van der Waals surface area contributed by atoms with Crippen molar-refractivity contribution in [2.75, 3.05) is 13.1 Å². The van der Waals surface area contributed by atoms with Crippen LogP contribution in [0.5, 0.6) is 0 Å². The van der Waals surface area contributed by atoms with Crippen molar-refractivity contribution in [1.29, 1.82) is 0 Å². The Kier molecular flexibility index (Phi) is 2.89. The Hall–Kier alpha value is -0.0800. The molecule has 2 aliphatic carbocycles. The molecule has 0 aromatic heterocycles. The van der Waals surface area contributed by atoms with E-state index in [1.54, 1.807) is 0 Å². The van der Waals surface area contributed by atoms with Gasteiger partial charge in [-0.15, -0.1) is 0 Å². The van der Waals surface area contributed by atoms with Gasteiger partial charge in [-0.3, -0.25) is 0 Å². The molecule has 2 aliphatic rings. The molecule has 0 aliphatic heterocycles. The molecule has 0 saturated heterocycles. The van der Waals surface area contributed by atoms with E-state index in [-0.39, 0.29) is 0 Å². The van der Waals surface area contributed by atoms with Crippen molar-refractivity contribution in [2.24, 2.45) is 35.1 Å². The molecule has 0 heterocycles. The molecule has 4 N–H and O–H groups in total. The van der Waals surface area contributed by atoms with E-state index >= 15 is 0 Å². The summed E-state index contributed by atoms with van der Waals surface area (Å²) in [5, 5.41) is 0. The van der Waals surface area contributed by atoms with Crippen LogP contribution < -0.4 is 11.5 Å². The largest absolute Gasteiger partial charge is 0.330 e. The first-order valence-electron chi connectivity index (χ1n) is 5.77. The van der Waals surface area contributed by atoms with Crippen molar-refractivity contribution < 1.29 is 0 Å². The lowest BCUT2D eigenvalue weighted by atomic mass is 9.77. The Morgan fingerprint density at radius 2 is 1.69 bits per heavy atom. The van der Waals surface area contributed by atoms with Crippen molar-refractivity contribution in [3.8, 4) is 0 Å². The molecule has 4 atom stereocenters. The van der Waals surface area contributed by atoms with Crippen LogP contribution in [0.15, 0.2) is 0 Å². The van der Waals surface area contributed by atoms with Crippen LogP contribution in [0.25, 0.3) is 0 Å². The van der Waals surface area contributed by atoms with Crippen molar-refractivity contribution in [2.45, 2.75) is 32.1 Å². The highest BCUT2D eigenvalue weighted by molar-refractivity contribution is 4.96. The number of hydrogen-bond donors (Lipinski definition) is 2. The second-order valence-electron chi connectivity index (χ2n) is 4.83. The first-order chi connectivity index (χ1) is 6.36. The maximum Gasteiger partial charge on any atom is -0.00435 e. The van der Waals surface area contributed by atoms with Gasteiger partial charge >= 0.3 is 0 Å². The predicted molar refractivity (Wildman–Crippen MR) is 55.2 cm³/mol. The Bertz CT molecular complexity index is 169. The number of fused-ring (bicyclic) bond motifs is 2. The molecule has 2 heteroatoms. The Morgan fingerprint density at radius 1 is 1.00 bits per heavy atom. The number of nitrogens with two attached hydrogens (primary N) is 2. The summed E-state index contributed by atoms with van der Waals surface area (Å²) in [4.78, 5) is 0. The number of rotatable bonds is 4. The fourth-order valence-electron chi connectivity index (χ4n) is 3.70. The van der Waals surface area contributed by atoms with Crippen LogP contribution in [-0.4, -0.2) is 13.1 Å². The van der Waals surface area contributed by atoms with Gasteiger partial charge in [0.05, 0.1) is 0 Å². The van der Waals surface area contributed by atoms with Gasteiger partial charge in [-0.2, -0.15) is 0 Å². The van der Waals surface area contributed by atoms with Gasteiger partial charge in [-0.1, -0.05) is 0 Å². The lowest BCUT2D eigenvalue weighted by molar-refractivity contribution is 0.212. The van der Waals surface area contributed by atoms with Crippen LogP contribution in [-0.2, 0) is 0 Å². The maximum absolute atomic E-state index is 5.85. The van der Waals surface area contributed by atoms with Crippen LogP contribution in [0.4, 0.5) is 0 Å². The van der Waals surface area contributed by atoms with Gasteiger partial charge in [-0.25, -0.2) is 0 Å². The van der Waals surface area contributed by atoms with Crippen molar-refractivity contribution in [3.63, 3.8) is 0 Å². The fraction of sp³-hybridized carbons (Fsp3) is 1.00. The second kappa shape index (κ2) is 3.97. The van der Waals surface area contributed by atoms with Gasteiger partial charge in [0.15, 0.2) is 0 Å². The third kappa shape index (κ3) is 1.62. The van der Waals surface area contributed by atoms with Gasteiger partial charge in [0.2, 0.25) is 0 Å². The Morgan fingerprint density at radius 3 is 2.31 bits per heavy atom. The van der Waals surface area contributed by atoms with E-state index in [4.69, 9.17) is 11.5 Å². The molecule has 2 rings (SSSR count). The Balaban J connectivity index is 1.92. The van der Waals surface area contributed by atoms with Gasteiger partial charge in [0.25, 0.3) is 0 Å². The molecule has 2 saturated carbocycles. The smallest absolute Gasteiger partial charge is 0.00435 e. The highest BCUT2D eigenvalue weighted by Crippen LogP contribution is 2.53. The molecular weight excluding hydrogens is 160 g/mol. The van der Waals surface area contributed by atoms with E-state index in [9.17, 15) is 0 Å². The summed E-state index contributed by atoms with van der Waals surface area (Å²) in [5.41, 5.74) is 11.4. The molecule has 0 aromatic rings. The third-order valence-corrected chi connectivity index (χ3v) is 4.29.